The number of hydrogen-bond acceptors (Lipinski definition) is 6. The van der Waals surface area contributed by atoms with Gasteiger partial charge in [0.15, 0.2) is 0 Å². The van der Waals surface area contributed by atoms with Crippen LogP contribution in [0.25, 0.3) is 10.9 Å². The maximum Gasteiger partial charge on any atom is 0.414 e. The number of aliphatic carboxylic acids is 2. The minimum atomic E-state index is -1.82. The maximum absolute atomic E-state index is 10.4. The van der Waals surface area contributed by atoms with Gasteiger partial charge in [-0.25, -0.2) is 9.59 Å². The predicted molar refractivity (Wildman–Crippen MR) is 126 cm³/mol. The lowest BCUT2D eigenvalue weighted by Gasteiger charge is -2.33. The Morgan fingerprint density at radius 3 is 2.47 bits per heavy atom. The van der Waals surface area contributed by atoms with Crippen LogP contribution in [0.3, 0.4) is 0 Å². The predicted octanol–water partition coefficient (Wildman–Crippen LogP) is 2.95. The molecule has 9 nitrogen and oxygen atoms in total. The number of aromatic amines is 1. The molecule has 1 aromatic heterocycles. The van der Waals surface area contributed by atoms with Gasteiger partial charge in [0, 0.05) is 23.6 Å². The largest absolute Gasteiger partial charge is 0.497 e. The first-order valence-corrected chi connectivity index (χ1v) is 11.1. The standard InChI is InChI=1S/C23H28N2O3.C2H2O4/c1-27-20-5-2-4-18(14-20)17-9-12-25(13-10-17)15-19(26)16-28-23-7-3-6-22-21(23)8-11-24-22;3-1(4)2(5)6/h2-8,11,14,17,19,24,26H,9-10,12-13,15-16H2,1H3;(H,3,4)(H,5,6)/t19-;/m0./s1. The summed E-state index contributed by atoms with van der Waals surface area (Å²) in [6.45, 7) is 2.94. The van der Waals surface area contributed by atoms with Gasteiger partial charge in [-0.15, -0.1) is 0 Å². The number of likely N-dealkylation sites (tertiary alicyclic amines) is 1. The fourth-order valence-corrected chi connectivity index (χ4v) is 4.06. The number of H-pyrrole nitrogens is 1. The number of hydrogen-bond donors (Lipinski definition) is 4. The summed E-state index contributed by atoms with van der Waals surface area (Å²) < 4.78 is 11.2. The second kappa shape index (κ2) is 12.1. The molecule has 2 aromatic carbocycles. The smallest absolute Gasteiger partial charge is 0.414 e. The topological polar surface area (TPSA) is 132 Å². The van der Waals surface area contributed by atoms with Gasteiger partial charge in [0.05, 0.1) is 7.11 Å². The number of rotatable bonds is 7. The van der Waals surface area contributed by atoms with E-state index in [1.165, 1.54) is 5.56 Å². The van der Waals surface area contributed by atoms with Gasteiger partial charge in [-0.2, -0.15) is 0 Å². The lowest BCUT2D eigenvalue weighted by molar-refractivity contribution is -0.159. The Morgan fingerprint density at radius 1 is 1.09 bits per heavy atom. The molecule has 4 rings (SSSR count). The van der Waals surface area contributed by atoms with Crippen molar-refractivity contribution in [2.24, 2.45) is 0 Å². The minimum Gasteiger partial charge on any atom is -0.497 e. The number of carboxylic acids is 2. The number of aliphatic hydroxyl groups excluding tert-OH is 1. The van der Waals surface area contributed by atoms with E-state index in [4.69, 9.17) is 29.3 Å². The number of ether oxygens (including phenoxy) is 2. The van der Waals surface area contributed by atoms with Crippen LogP contribution in [0.15, 0.2) is 54.7 Å². The third-order valence-electron chi connectivity index (χ3n) is 5.79. The van der Waals surface area contributed by atoms with Crippen LogP contribution in [0.4, 0.5) is 0 Å². The molecular weight excluding hydrogens is 440 g/mol. The summed E-state index contributed by atoms with van der Waals surface area (Å²) in [5.74, 6) is -1.35. The molecule has 0 unspecified atom stereocenters. The van der Waals surface area contributed by atoms with Gasteiger partial charge in [0.2, 0.25) is 0 Å². The van der Waals surface area contributed by atoms with E-state index in [1.54, 1.807) is 7.11 Å². The molecule has 0 amide bonds. The van der Waals surface area contributed by atoms with Gasteiger partial charge in [0.25, 0.3) is 0 Å². The summed E-state index contributed by atoms with van der Waals surface area (Å²) in [4.78, 5) is 23.7. The van der Waals surface area contributed by atoms with Crippen molar-refractivity contribution >= 4 is 22.8 Å². The Kier molecular flexibility index (Phi) is 8.89. The van der Waals surface area contributed by atoms with Crippen LogP contribution in [0.2, 0.25) is 0 Å². The molecule has 0 aliphatic carbocycles. The van der Waals surface area contributed by atoms with E-state index in [2.05, 4.69) is 28.1 Å². The normalized spacial score (nSPS) is 15.2. The highest BCUT2D eigenvalue weighted by molar-refractivity contribution is 6.27. The summed E-state index contributed by atoms with van der Waals surface area (Å²) in [5.41, 5.74) is 2.40. The quantitative estimate of drug-likeness (QED) is 0.388. The summed E-state index contributed by atoms with van der Waals surface area (Å²) in [6, 6.07) is 16.3. The first-order chi connectivity index (χ1) is 16.4. The Hall–Kier alpha value is -3.56. The fourth-order valence-electron chi connectivity index (χ4n) is 4.06. The number of methoxy groups -OCH3 is 1. The number of nitrogens with zero attached hydrogens (tertiary/aromatic N) is 1. The number of aromatic nitrogens is 1. The molecule has 3 aromatic rings. The van der Waals surface area contributed by atoms with Crippen LogP contribution in [0, 0.1) is 0 Å². The van der Waals surface area contributed by atoms with E-state index < -0.39 is 18.0 Å². The van der Waals surface area contributed by atoms with E-state index >= 15 is 0 Å². The molecular formula is C25H30N2O7. The molecule has 1 aliphatic heterocycles. The van der Waals surface area contributed by atoms with E-state index in [0.29, 0.717) is 19.1 Å². The van der Waals surface area contributed by atoms with Crippen LogP contribution >= 0.6 is 0 Å². The molecule has 0 spiro atoms. The average Bonchev–Trinajstić information content (AvgIpc) is 3.33. The van der Waals surface area contributed by atoms with Crippen molar-refractivity contribution in [3.05, 3.63) is 60.3 Å². The van der Waals surface area contributed by atoms with Gasteiger partial charge in [-0.1, -0.05) is 18.2 Å². The third kappa shape index (κ3) is 6.97. The molecule has 34 heavy (non-hydrogen) atoms. The van der Waals surface area contributed by atoms with Crippen molar-refractivity contribution in [1.82, 2.24) is 9.88 Å². The summed E-state index contributed by atoms with van der Waals surface area (Å²) >= 11 is 0. The molecule has 2 heterocycles. The lowest BCUT2D eigenvalue weighted by atomic mass is 9.89. The second-order valence-electron chi connectivity index (χ2n) is 8.12. The highest BCUT2D eigenvalue weighted by Gasteiger charge is 2.22. The lowest BCUT2D eigenvalue weighted by Crippen LogP contribution is -2.40. The van der Waals surface area contributed by atoms with Crippen LogP contribution in [-0.4, -0.2) is 76.6 Å². The zero-order valence-electron chi connectivity index (χ0n) is 19.0. The number of aliphatic hydroxyl groups is 1. The fraction of sp³-hybridized carbons (Fsp3) is 0.360. The molecule has 1 fully saturated rings. The maximum atomic E-state index is 10.4. The summed E-state index contributed by atoms with van der Waals surface area (Å²) in [5, 5.41) is 26.3. The molecule has 1 aliphatic rings. The van der Waals surface area contributed by atoms with Crippen LogP contribution in [-0.2, 0) is 9.59 Å². The number of nitrogens with one attached hydrogen (secondary N) is 1. The van der Waals surface area contributed by atoms with Crippen molar-refractivity contribution in [3.63, 3.8) is 0 Å². The van der Waals surface area contributed by atoms with Gasteiger partial charge in [-0.05, 0) is 67.7 Å². The number of carbonyl (C=O) groups is 2. The molecule has 1 atom stereocenters. The molecule has 0 bridgehead atoms. The zero-order chi connectivity index (χ0) is 24.5. The second-order valence-corrected chi connectivity index (χ2v) is 8.12. The van der Waals surface area contributed by atoms with Crippen LogP contribution in [0.5, 0.6) is 11.5 Å². The Labute approximate surface area is 197 Å². The van der Waals surface area contributed by atoms with Crippen molar-refractivity contribution in [2.45, 2.75) is 24.9 Å². The van der Waals surface area contributed by atoms with Crippen LogP contribution < -0.4 is 9.47 Å². The molecule has 0 radical (unpaired) electrons. The van der Waals surface area contributed by atoms with Crippen molar-refractivity contribution in [2.75, 3.05) is 33.4 Å². The first kappa shape index (κ1) is 25.1. The highest BCUT2D eigenvalue weighted by atomic mass is 16.5. The van der Waals surface area contributed by atoms with E-state index in [0.717, 1.165) is 48.3 Å². The van der Waals surface area contributed by atoms with Gasteiger partial charge in [0.1, 0.15) is 24.2 Å². The Bertz CT molecular complexity index is 1080. The SMILES string of the molecule is COc1cccc(C2CCN(C[C@H](O)COc3cccc4[nH]ccc34)CC2)c1.O=C(O)C(=O)O. The molecule has 1 saturated heterocycles. The van der Waals surface area contributed by atoms with Crippen molar-refractivity contribution in [1.29, 1.82) is 0 Å². The number of benzene rings is 2. The highest BCUT2D eigenvalue weighted by Crippen LogP contribution is 2.30. The Balaban J connectivity index is 0.000000481. The summed E-state index contributed by atoms with van der Waals surface area (Å²) in [6.07, 6.45) is 3.61. The Morgan fingerprint density at radius 2 is 1.79 bits per heavy atom. The van der Waals surface area contributed by atoms with E-state index in [1.807, 2.05) is 36.5 Å². The minimum absolute atomic E-state index is 0.306. The van der Waals surface area contributed by atoms with Crippen LogP contribution in [0.1, 0.15) is 24.3 Å². The number of β-amino-alcohol motifs (C(OH)–C–C–N with tert-alkyl or cyclic N) is 1. The van der Waals surface area contributed by atoms with E-state index in [-0.39, 0.29) is 0 Å². The molecule has 0 saturated carbocycles. The van der Waals surface area contributed by atoms with Crippen molar-refractivity contribution in [3.8, 4) is 11.5 Å². The third-order valence-corrected chi connectivity index (χ3v) is 5.79. The zero-order valence-corrected chi connectivity index (χ0v) is 19.0. The molecule has 4 N–H and O–H groups in total. The van der Waals surface area contributed by atoms with Crippen molar-refractivity contribution < 1.29 is 34.4 Å². The number of fused-ring (bicyclic) bond motifs is 1. The van der Waals surface area contributed by atoms with Gasteiger partial charge in [-0.3, -0.25) is 0 Å². The molecule has 9 heteroatoms. The van der Waals surface area contributed by atoms with Gasteiger partial charge >= 0.3 is 11.9 Å². The number of piperidine rings is 1. The average molecular weight is 471 g/mol. The van der Waals surface area contributed by atoms with Gasteiger partial charge < -0.3 is 34.7 Å². The van der Waals surface area contributed by atoms with E-state index in [9.17, 15) is 5.11 Å². The molecule has 182 valence electrons. The first-order valence-electron chi connectivity index (χ1n) is 11.1. The summed E-state index contributed by atoms with van der Waals surface area (Å²) in [7, 11) is 1.71. The number of carboxylic acid groups (broad SMARTS) is 2. The monoisotopic (exact) mass is 470 g/mol.